The third-order valence-corrected chi connectivity index (χ3v) is 3.99. The zero-order valence-electron chi connectivity index (χ0n) is 12.5. The van der Waals surface area contributed by atoms with Crippen molar-refractivity contribution in [1.82, 2.24) is 4.90 Å². The zero-order chi connectivity index (χ0) is 19.0. The first-order valence-corrected chi connectivity index (χ1v) is 7.38. The molecule has 1 heterocycles. The van der Waals surface area contributed by atoms with Crippen LogP contribution in [0.2, 0.25) is 5.02 Å². The normalized spacial score (nSPS) is 17.0. The summed E-state index contributed by atoms with van der Waals surface area (Å²) in [5.74, 6) is -14.9. The minimum Gasteiger partial charge on any atom is -0.368 e. The number of alkyl halides is 7. The number of anilines is 1. The number of carbonyl (C=O) groups excluding carboxylic acids is 1. The van der Waals surface area contributed by atoms with E-state index in [1.165, 1.54) is 0 Å². The van der Waals surface area contributed by atoms with E-state index in [1.54, 1.807) is 29.2 Å². The summed E-state index contributed by atoms with van der Waals surface area (Å²) in [6.45, 7) is -0.872. The average molecular weight is 393 g/mol. The van der Waals surface area contributed by atoms with Crippen molar-refractivity contribution in [3.05, 3.63) is 29.3 Å². The van der Waals surface area contributed by atoms with Gasteiger partial charge in [0.15, 0.2) is 0 Å². The van der Waals surface area contributed by atoms with Crippen LogP contribution in [-0.4, -0.2) is 55.0 Å². The Labute approximate surface area is 142 Å². The Morgan fingerprint density at radius 3 is 2.00 bits per heavy atom. The van der Waals surface area contributed by atoms with Crippen LogP contribution in [0.3, 0.4) is 0 Å². The van der Waals surface area contributed by atoms with Gasteiger partial charge in [0.1, 0.15) is 0 Å². The fraction of sp³-hybridized carbons (Fsp3) is 0.500. The third-order valence-electron chi connectivity index (χ3n) is 3.76. The molecule has 0 aliphatic carbocycles. The van der Waals surface area contributed by atoms with Crippen LogP contribution < -0.4 is 4.90 Å². The van der Waals surface area contributed by atoms with E-state index in [1.807, 2.05) is 0 Å². The zero-order valence-corrected chi connectivity index (χ0v) is 13.2. The molecule has 1 aliphatic heterocycles. The number of nitrogens with zero attached hydrogens (tertiary/aromatic N) is 2. The molecule has 2 rings (SSSR count). The molecule has 0 bridgehead atoms. The third kappa shape index (κ3) is 3.63. The van der Waals surface area contributed by atoms with Crippen molar-refractivity contribution in [1.29, 1.82) is 0 Å². The van der Waals surface area contributed by atoms with E-state index in [-0.39, 0.29) is 13.1 Å². The molecule has 25 heavy (non-hydrogen) atoms. The summed E-state index contributed by atoms with van der Waals surface area (Å²) in [6, 6.07) is 6.47. The molecule has 0 spiro atoms. The highest BCUT2D eigenvalue weighted by Crippen LogP contribution is 2.47. The SMILES string of the molecule is O=C(N1CCN(c2cccc(Cl)c2)CC1)C(F)(F)C(F)(F)C(F)(F)F. The molecule has 140 valence electrons. The molecule has 11 heteroatoms. The van der Waals surface area contributed by atoms with Crippen LogP contribution in [0, 0.1) is 0 Å². The van der Waals surface area contributed by atoms with E-state index in [2.05, 4.69) is 0 Å². The lowest BCUT2D eigenvalue weighted by molar-refractivity contribution is -0.346. The summed E-state index contributed by atoms with van der Waals surface area (Å²) in [5.41, 5.74) is 0.618. The molecule has 0 unspecified atom stereocenters. The van der Waals surface area contributed by atoms with Crippen LogP contribution >= 0.6 is 11.6 Å². The maximum absolute atomic E-state index is 13.5. The van der Waals surface area contributed by atoms with Crippen molar-refractivity contribution in [2.45, 2.75) is 18.0 Å². The molecule has 1 amide bonds. The molecular weight excluding hydrogens is 381 g/mol. The van der Waals surface area contributed by atoms with Gasteiger partial charge in [-0.1, -0.05) is 17.7 Å². The van der Waals surface area contributed by atoms with Crippen molar-refractivity contribution in [3.63, 3.8) is 0 Å². The highest BCUT2D eigenvalue weighted by atomic mass is 35.5. The Bertz CT molecular complexity index is 642. The molecule has 1 aromatic rings. The van der Waals surface area contributed by atoms with Gasteiger partial charge in [-0.15, -0.1) is 0 Å². The van der Waals surface area contributed by atoms with Gasteiger partial charge >= 0.3 is 18.0 Å². The van der Waals surface area contributed by atoms with Crippen molar-refractivity contribution < 1.29 is 35.5 Å². The molecular formula is C14H12ClF7N2O. The van der Waals surface area contributed by atoms with Crippen LogP contribution in [0.4, 0.5) is 36.4 Å². The molecule has 0 saturated carbocycles. The van der Waals surface area contributed by atoms with Gasteiger partial charge in [0.25, 0.3) is 5.91 Å². The standard InChI is InChI=1S/C14H12ClF7N2O/c15-9-2-1-3-10(8-9)23-4-6-24(7-5-23)11(25)12(16,17)13(18,19)14(20,21)22/h1-3,8H,4-7H2. The molecule has 1 aromatic carbocycles. The number of piperazine rings is 1. The van der Waals surface area contributed by atoms with Crippen LogP contribution in [-0.2, 0) is 4.79 Å². The van der Waals surface area contributed by atoms with Gasteiger partial charge in [0.05, 0.1) is 0 Å². The summed E-state index contributed by atoms with van der Waals surface area (Å²) in [5, 5.41) is 0.410. The lowest BCUT2D eigenvalue weighted by atomic mass is 10.1. The minimum atomic E-state index is -6.53. The minimum absolute atomic E-state index is 0.0141. The molecule has 3 nitrogen and oxygen atoms in total. The number of rotatable bonds is 3. The van der Waals surface area contributed by atoms with Crippen LogP contribution in [0.5, 0.6) is 0 Å². The van der Waals surface area contributed by atoms with Gasteiger partial charge in [-0.3, -0.25) is 4.79 Å². The second-order valence-corrected chi connectivity index (χ2v) is 5.84. The first-order valence-electron chi connectivity index (χ1n) is 7.00. The summed E-state index contributed by atoms with van der Waals surface area (Å²) < 4.78 is 89.3. The Kier molecular flexibility index (Phi) is 5.13. The Morgan fingerprint density at radius 1 is 0.960 bits per heavy atom. The van der Waals surface area contributed by atoms with Crippen molar-refractivity contribution >= 4 is 23.2 Å². The second-order valence-electron chi connectivity index (χ2n) is 5.41. The number of amides is 1. The maximum Gasteiger partial charge on any atom is 0.460 e. The monoisotopic (exact) mass is 392 g/mol. The van der Waals surface area contributed by atoms with Crippen molar-refractivity contribution in [2.24, 2.45) is 0 Å². The van der Waals surface area contributed by atoms with Crippen LogP contribution in [0.15, 0.2) is 24.3 Å². The predicted molar refractivity (Wildman–Crippen MR) is 76.2 cm³/mol. The van der Waals surface area contributed by atoms with Gasteiger partial charge in [-0.05, 0) is 18.2 Å². The van der Waals surface area contributed by atoms with Crippen LogP contribution in [0.25, 0.3) is 0 Å². The van der Waals surface area contributed by atoms with E-state index in [0.717, 1.165) is 0 Å². The van der Waals surface area contributed by atoms with Gasteiger partial charge in [0.2, 0.25) is 0 Å². The summed E-state index contributed by atoms with van der Waals surface area (Å²) in [6.07, 6.45) is -6.53. The predicted octanol–water partition coefficient (Wildman–Crippen LogP) is 3.82. The Morgan fingerprint density at radius 2 is 1.52 bits per heavy atom. The highest BCUT2D eigenvalue weighted by Gasteiger charge is 2.76. The van der Waals surface area contributed by atoms with Crippen molar-refractivity contribution in [2.75, 3.05) is 31.1 Å². The lowest BCUT2D eigenvalue weighted by Crippen LogP contribution is -2.62. The summed E-state index contributed by atoms with van der Waals surface area (Å²) in [4.78, 5) is 13.5. The van der Waals surface area contributed by atoms with Gasteiger partial charge in [-0.2, -0.15) is 30.7 Å². The summed E-state index contributed by atoms with van der Waals surface area (Å²) >= 11 is 5.82. The second kappa shape index (κ2) is 6.54. The van der Waals surface area contributed by atoms with E-state index in [9.17, 15) is 35.5 Å². The quantitative estimate of drug-likeness (QED) is 0.730. The van der Waals surface area contributed by atoms with Gasteiger partial charge in [-0.25, -0.2) is 0 Å². The fourth-order valence-corrected chi connectivity index (χ4v) is 2.54. The molecule has 1 aliphatic rings. The maximum atomic E-state index is 13.5. The Hall–Kier alpha value is -1.71. The topological polar surface area (TPSA) is 23.6 Å². The molecule has 0 aromatic heterocycles. The smallest absolute Gasteiger partial charge is 0.368 e. The largest absolute Gasteiger partial charge is 0.460 e. The molecule has 0 radical (unpaired) electrons. The molecule has 0 atom stereocenters. The van der Waals surface area contributed by atoms with E-state index >= 15 is 0 Å². The van der Waals surface area contributed by atoms with E-state index < -0.39 is 37.0 Å². The van der Waals surface area contributed by atoms with Gasteiger partial charge in [0, 0.05) is 36.9 Å². The number of benzene rings is 1. The molecule has 0 N–H and O–H groups in total. The number of hydrogen-bond donors (Lipinski definition) is 0. The van der Waals surface area contributed by atoms with E-state index in [0.29, 0.717) is 15.6 Å². The molecule has 1 saturated heterocycles. The number of halogens is 8. The average Bonchev–Trinajstić information content (AvgIpc) is 2.53. The first-order chi connectivity index (χ1) is 11.4. The summed E-state index contributed by atoms with van der Waals surface area (Å²) in [7, 11) is 0. The highest BCUT2D eigenvalue weighted by molar-refractivity contribution is 6.30. The first kappa shape index (κ1) is 19.6. The lowest BCUT2D eigenvalue weighted by Gasteiger charge is -2.38. The fourth-order valence-electron chi connectivity index (χ4n) is 2.35. The number of carbonyl (C=O) groups is 1. The molecule has 1 fully saturated rings. The van der Waals surface area contributed by atoms with Crippen LogP contribution in [0.1, 0.15) is 0 Å². The van der Waals surface area contributed by atoms with Crippen molar-refractivity contribution in [3.8, 4) is 0 Å². The van der Waals surface area contributed by atoms with E-state index in [4.69, 9.17) is 11.6 Å². The Balaban J connectivity index is 2.08. The van der Waals surface area contributed by atoms with Gasteiger partial charge < -0.3 is 9.80 Å². The number of hydrogen-bond acceptors (Lipinski definition) is 2.